The molecular weight excluding hydrogens is 319 g/mol. The minimum atomic E-state index is -6.09. The van der Waals surface area contributed by atoms with E-state index < -0.39 is 15.6 Å². The molecule has 1 rings (SSSR count). The summed E-state index contributed by atoms with van der Waals surface area (Å²) in [7, 11) is -6.09. The van der Waals surface area contributed by atoms with E-state index >= 15 is 0 Å². The van der Waals surface area contributed by atoms with Gasteiger partial charge >= 0.3 is 5.51 Å². The SMILES string of the molecule is CC[N+](CC)(CC)Cc1ccccc1.O=S(=O)([O-])C(F)(F)F. The largest absolute Gasteiger partial charge is 0.741 e. The Morgan fingerprint density at radius 3 is 1.64 bits per heavy atom. The van der Waals surface area contributed by atoms with Crippen LogP contribution < -0.4 is 0 Å². The molecule has 0 amide bonds. The van der Waals surface area contributed by atoms with Crippen molar-refractivity contribution in [1.82, 2.24) is 0 Å². The summed E-state index contributed by atoms with van der Waals surface area (Å²) in [6, 6.07) is 10.8. The molecule has 4 nitrogen and oxygen atoms in total. The molecule has 0 saturated carbocycles. The Morgan fingerprint density at radius 2 is 1.36 bits per heavy atom. The Bertz CT molecular complexity index is 518. The highest BCUT2D eigenvalue weighted by atomic mass is 32.2. The maximum absolute atomic E-state index is 10.7. The Balaban J connectivity index is 0.000000472. The highest BCUT2D eigenvalue weighted by molar-refractivity contribution is 7.86. The van der Waals surface area contributed by atoms with Crippen molar-refractivity contribution in [3.8, 4) is 0 Å². The summed E-state index contributed by atoms with van der Waals surface area (Å²) in [4.78, 5) is 0. The van der Waals surface area contributed by atoms with Gasteiger partial charge in [-0.3, -0.25) is 0 Å². The Kier molecular flexibility index (Phi) is 8.06. The maximum atomic E-state index is 10.7. The second kappa shape index (κ2) is 8.50. The van der Waals surface area contributed by atoms with E-state index in [2.05, 4.69) is 51.1 Å². The summed E-state index contributed by atoms with van der Waals surface area (Å²) in [6.45, 7) is 11.7. The first-order valence-corrected chi connectivity index (χ1v) is 8.33. The minimum Gasteiger partial charge on any atom is -0.741 e. The van der Waals surface area contributed by atoms with Gasteiger partial charge in [0.15, 0.2) is 10.1 Å². The van der Waals surface area contributed by atoms with Crippen molar-refractivity contribution in [2.24, 2.45) is 0 Å². The maximum Gasteiger partial charge on any atom is 0.485 e. The van der Waals surface area contributed by atoms with Gasteiger partial charge in [0, 0.05) is 5.56 Å². The first kappa shape index (κ1) is 20.9. The number of hydrogen-bond donors (Lipinski definition) is 0. The van der Waals surface area contributed by atoms with E-state index in [-0.39, 0.29) is 0 Å². The molecule has 0 aliphatic heterocycles. The van der Waals surface area contributed by atoms with Gasteiger partial charge in [0.25, 0.3) is 0 Å². The number of alkyl halides is 3. The van der Waals surface area contributed by atoms with Gasteiger partial charge < -0.3 is 9.04 Å². The van der Waals surface area contributed by atoms with E-state index in [9.17, 15) is 13.2 Å². The molecule has 0 spiro atoms. The smallest absolute Gasteiger partial charge is 0.485 e. The van der Waals surface area contributed by atoms with Crippen LogP contribution in [0.2, 0.25) is 0 Å². The van der Waals surface area contributed by atoms with Gasteiger partial charge in [-0.1, -0.05) is 30.3 Å². The van der Waals surface area contributed by atoms with Crippen molar-refractivity contribution in [2.75, 3.05) is 19.6 Å². The Morgan fingerprint density at radius 1 is 1.00 bits per heavy atom. The van der Waals surface area contributed by atoms with E-state index in [0.717, 1.165) is 0 Å². The van der Waals surface area contributed by atoms with Crippen LogP contribution in [0.4, 0.5) is 13.2 Å². The molecule has 1 aromatic rings. The molecule has 1 aromatic carbocycles. The quantitative estimate of drug-likeness (QED) is 0.470. The number of hydrogen-bond acceptors (Lipinski definition) is 3. The predicted molar refractivity (Wildman–Crippen MR) is 77.8 cm³/mol. The van der Waals surface area contributed by atoms with Gasteiger partial charge in [-0.2, -0.15) is 13.2 Å². The van der Waals surface area contributed by atoms with Crippen LogP contribution >= 0.6 is 0 Å². The molecule has 0 aliphatic rings. The van der Waals surface area contributed by atoms with Crippen LogP contribution in [0.5, 0.6) is 0 Å². The van der Waals surface area contributed by atoms with Crippen LogP contribution in [0.1, 0.15) is 26.3 Å². The highest BCUT2D eigenvalue weighted by Crippen LogP contribution is 2.20. The van der Waals surface area contributed by atoms with Crippen LogP contribution in [0.15, 0.2) is 30.3 Å². The number of halogens is 3. The second-order valence-electron chi connectivity index (χ2n) is 4.83. The third-order valence-electron chi connectivity index (χ3n) is 3.66. The van der Waals surface area contributed by atoms with Crippen molar-refractivity contribution >= 4 is 10.1 Å². The average molecular weight is 341 g/mol. The second-order valence-corrected chi connectivity index (χ2v) is 6.21. The fraction of sp³-hybridized carbons (Fsp3) is 0.571. The van der Waals surface area contributed by atoms with Crippen LogP contribution in [0, 0.1) is 0 Å². The summed E-state index contributed by atoms with van der Waals surface area (Å²) in [5.74, 6) is 0. The minimum absolute atomic E-state index is 1.17. The van der Waals surface area contributed by atoms with E-state index in [4.69, 9.17) is 13.0 Å². The highest BCUT2D eigenvalue weighted by Gasteiger charge is 2.36. The lowest BCUT2D eigenvalue weighted by molar-refractivity contribution is -0.936. The lowest BCUT2D eigenvalue weighted by Crippen LogP contribution is -2.46. The monoisotopic (exact) mass is 341 g/mol. The fourth-order valence-electron chi connectivity index (χ4n) is 1.98. The van der Waals surface area contributed by atoms with Gasteiger partial charge in [0.2, 0.25) is 0 Å². The average Bonchev–Trinajstić information content (AvgIpc) is 2.45. The van der Waals surface area contributed by atoms with Crippen LogP contribution in [0.3, 0.4) is 0 Å². The van der Waals surface area contributed by atoms with Crippen molar-refractivity contribution < 1.29 is 30.6 Å². The summed E-state index contributed by atoms with van der Waals surface area (Å²) < 4.78 is 60.1. The molecule has 0 heterocycles. The Labute approximate surface area is 129 Å². The van der Waals surface area contributed by atoms with Crippen molar-refractivity contribution in [3.63, 3.8) is 0 Å². The molecule has 128 valence electrons. The Hall–Kier alpha value is -1.12. The zero-order valence-electron chi connectivity index (χ0n) is 12.9. The summed E-state index contributed by atoms with van der Waals surface area (Å²) >= 11 is 0. The van der Waals surface area contributed by atoms with E-state index in [1.807, 2.05) is 0 Å². The fourth-order valence-corrected chi connectivity index (χ4v) is 1.98. The van der Waals surface area contributed by atoms with Crippen molar-refractivity contribution in [1.29, 1.82) is 0 Å². The van der Waals surface area contributed by atoms with Gasteiger partial charge in [0.1, 0.15) is 6.54 Å². The molecule has 0 N–H and O–H groups in total. The lowest BCUT2D eigenvalue weighted by Gasteiger charge is -2.35. The van der Waals surface area contributed by atoms with Crippen LogP contribution in [0.25, 0.3) is 0 Å². The van der Waals surface area contributed by atoms with Gasteiger partial charge in [-0.15, -0.1) is 0 Å². The molecule has 0 fully saturated rings. The molecule has 0 atom stereocenters. The molecule has 0 aliphatic carbocycles. The number of benzene rings is 1. The van der Waals surface area contributed by atoms with Crippen molar-refractivity contribution in [2.45, 2.75) is 32.8 Å². The number of rotatable bonds is 5. The van der Waals surface area contributed by atoms with E-state index in [1.165, 1.54) is 36.2 Å². The first-order chi connectivity index (χ1) is 10.0. The zero-order valence-corrected chi connectivity index (χ0v) is 13.7. The number of quaternary nitrogens is 1. The molecule has 0 bridgehead atoms. The normalized spacial score (nSPS) is 12.5. The lowest BCUT2D eigenvalue weighted by atomic mass is 10.2. The van der Waals surface area contributed by atoms with Crippen LogP contribution in [-0.4, -0.2) is 42.6 Å². The number of nitrogens with zero attached hydrogens (tertiary/aromatic N) is 1. The third kappa shape index (κ3) is 6.76. The first-order valence-electron chi connectivity index (χ1n) is 6.92. The van der Waals surface area contributed by atoms with Gasteiger partial charge in [-0.05, 0) is 20.8 Å². The summed E-state index contributed by atoms with van der Waals surface area (Å²) in [5.41, 5.74) is -4.19. The molecule has 0 unspecified atom stereocenters. The molecule has 0 saturated heterocycles. The third-order valence-corrected chi connectivity index (χ3v) is 4.22. The van der Waals surface area contributed by atoms with Gasteiger partial charge in [0.05, 0.1) is 19.6 Å². The molecule has 0 radical (unpaired) electrons. The molecule has 8 heteroatoms. The van der Waals surface area contributed by atoms with E-state index in [0.29, 0.717) is 0 Å². The standard InChI is InChI=1S/C13H22N.CHF3O3S/c1-4-14(5-2,6-3)12-13-10-8-7-9-11-13;2-1(3,4)8(5,6)7/h7-11H,4-6,12H2,1-3H3;(H,5,6,7)/q+1;/p-1. The van der Waals surface area contributed by atoms with E-state index in [1.54, 1.807) is 0 Å². The molecular formula is C14H22F3NO3S. The molecule has 0 aromatic heterocycles. The summed E-state index contributed by atoms with van der Waals surface area (Å²) in [5, 5.41) is 0. The zero-order chi connectivity index (χ0) is 17.4. The molecule has 22 heavy (non-hydrogen) atoms. The van der Waals surface area contributed by atoms with Crippen molar-refractivity contribution in [3.05, 3.63) is 35.9 Å². The van der Waals surface area contributed by atoms with Gasteiger partial charge in [-0.25, -0.2) is 8.42 Å². The topological polar surface area (TPSA) is 57.2 Å². The van der Waals surface area contributed by atoms with Crippen LogP contribution in [-0.2, 0) is 16.7 Å². The summed E-state index contributed by atoms with van der Waals surface area (Å²) in [6.07, 6.45) is 0. The predicted octanol–water partition coefficient (Wildman–Crippen LogP) is 3.11.